The zero-order valence-electron chi connectivity index (χ0n) is 9.24. The molecule has 3 rings (SSSR count). The second kappa shape index (κ2) is 4.46. The highest BCUT2D eigenvalue weighted by molar-refractivity contribution is 9.10. The van der Waals surface area contributed by atoms with E-state index in [1.165, 1.54) is 18.5 Å². The van der Waals surface area contributed by atoms with Crippen molar-refractivity contribution in [2.75, 3.05) is 0 Å². The molecular formula is C13H12BrClN2. The first-order chi connectivity index (χ1) is 8.31. The molecule has 1 aromatic heterocycles. The fourth-order valence-electron chi connectivity index (χ4n) is 2.10. The molecule has 88 valence electrons. The molecule has 1 saturated carbocycles. The summed E-state index contributed by atoms with van der Waals surface area (Å²) >= 11 is 9.55. The standard InChI is InChI=1S/C13H12BrClN2/c14-11-3-1-2-4-12(11)17-13(9-5-6-9)10(7-15)8-16-17/h1-4,8-9H,5-7H2. The lowest BCUT2D eigenvalue weighted by Gasteiger charge is -2.09. The summed E-state index contributed by atoms with van der Waals surface area (Å²) in [6, 6.07) is 8.14. The minimum atomic E-state index is 0.538. The number of aromatic nitrogens is 2. The summed E-state index contributed by atoms with van der Waals surface area (Å²) in [6.07, 6.45) is 4.39. The number of benzene rings is 1. The average Bonchev–Trinajstić information content (AvgIpc) is 3.10. The molecule has 0 radical (unpaired) electrons. The van der Waals surface area contributed by atoms with Crippen molar-refractivity contribution < 1.29 is 0 Å². The van der Waals surface area contributed by atoms with Crippen LogP contribution >= 0.6 is 27.5 Å². The lowest BCUT2D eigenvalue weighted by molar-refractivity contribution is 0.802. The van der Waals surface area contributed by atoms with E-state index in [2.05, 4.69) is 27.1 Å². The second-order valence-electron chi connectivity index (χ2n) is 4.33. The Morgan fingerprint density at radius 1 is 1.35 bits per heavy atom. The van der Waals surface area contributed by atoms with Crippen LogP contribution in [-0.2, 0) is 5.88 Å². The molecule has 2 aromatic rings. The summed E-state index contributed by atoms with van der Waals surface area (Å²) in [5, 5.41) is 4.48. The van der Waals surface area contributed by atoms with Crippen LogP contribution in [-0.4, -0.2) is 9.78 Å². The van der Waals surface area contributed by atoms with Crippen LogP contribution in [0.25, 0.3) is 5.69 Å². The van der Waals surface area contributed by atoms with E-state index in [0.717, 1.165) is 15.7 Å². The third kappa shape index (κ3) is 2.02. The molecule has 4 heteroatoms. The van der Waals surface area contributed by atoms with Gasteiger partial charge in [0, 0.05) is 16.0 Å². The number of para-hydroxylation sites is 1. The van der Waals surface area contributed by atoms with E-state index in [4.69, 9.17) is 11.6 Å². The van der Waals surface area contributed by atoms with E-state index in [0.29, 0.717) is 11.8 Å². The van der Waals surface area contributed by atoms with Gasteiger partial charge in [0.1, 0.15) is 0 Å². The molecule has 1 heterocycles. The van der Waals surface area contributed by atoms with Crippen LogP contribution in [0.2, 0.25) is 0 Å². The van der Waals surface area contributed by atoms with Gasteiger partial charge in [-0.15, -0.1) is 11.6 Å². The van der Waals surface area contributed by atoms with Gasteiger partial charge in [-0.25, -0.2) is 4.68 Å². The van der Waals surface area contributed by atoms with E-state index in [1.54, 1.807) is 0 Å². The van der Waals surface area contributed by atoms with Crippen molar-refractivity contribution in [1.29, 1.82) is 0 Å². The third-order valence-electron chi connectivity index (χ3n) is 3.07. The summed E-state index contributed by atoms with van der Waals surface area (Å²) < 4.78 is 3.09. The first kappa shape index (κ1) is 11.3. The van der Waals surface area contributed by atoms with E-state index < -0.39 is 0 Å². The van der Waals surface area contributed by atoms with Gasteiger partial charge in [-0.1, -0.05) is 12.1 Å². The normalized spacial score (nSPS) is 15.2. The summed E-state index contributed by atoms with van der Waals surface area (Å²) in [4.78, 5) is 0. The van der Waals surface area contributed by atoms with Crippen molar-refractivity contribution in [3.05, 3.63) is 46.2 Å². The number of rotatable bonds is 3. The first-order valence-electron chi connectivity index (χ1n) is 5.69. The van der Waals surface area contributed by atoms with Crippen molar-refractivity contribution in [1.82, 2.24) is 9.78 Å². The van der Waals surface area contributed by atoms with E-state index in [9.17, 15) is 0 Å². The highest BCUT2D eigenvalue weighted by atomic mass is 79.9. The van der Waals surface area contributed by atoms with Gasteiger partial charge in [-0.2, -0.15) is 5.10 Å². The molecule has 1 fully saturated rings. The molecule has 2 nitrogen and oxygen atoms in total. The maximum absolute atomic E-state index is 5.98. The van der Waals surface area contributed by atoms with E-state index in [-0.39, 0.29) is 0 Å². The molecule has 1 aliphatic carbocycles. The van der Waals surface area contributed by atoms with Gasteiger partial charge >= 0.3 is 0 Å². The molecule has 0 saturated heterocycles. The molecule has 0 amide bonds. The minimum absolute atomic E-state index is 0.538. The fourth-order valence-corrected chi connectivity index (χ4v) is 2.76. The van der Waals surface area contributed by atoms with Crippen molar-refractivity contribution in [2.24, 2.45) is 0 Å². The van der Waals surface area contributed by atoms with Crippen LogP contribution in [0.1, 0.15) is 30.0 Å². The molecule has 0 atom stereocenters. The number of alkyl halides is 1. The summed E-state index contributed by atoms with van der Waals surface area (Å²) in [5.74, 6) is 1.18. The molecule has 1 aliphatic rings. The highest BCUT2D eigenvalue weighted by Gasteiger charge is 2.30. The van der Waals surface area contributed by atoms with Crippen LogP contribution in [0.15, 0.2) is 34.9 Å². The molecule has 17 heavy (non-hydrogen) atoms. The molecule has 0 spiro atoms. The largest absolute Gasteiger partial charge is 0.236 e. The SMILES string of the molecule is ClCc1cnn(-c2ccccc2Br)c1C1CC1. The number of hydrogen-bond donors (Lipinski definition) is 0. The topological polar surface area (TPSA) is 17.8 Å². The predicted octanol–water partition coefficient (Wildman–Crippen LogP) is 4.25. The van der Waals surface area contributed by atoms with Gasteiger partial charge in [-0.3, -0.25) is 0 Å². The molecule has 0 unspecified atom stereocenters. The van der Waals surface area contributed by atoms with Gasteiger partial charge in [0.05, 0.1) is 23.5 Å². The minimum Gasteiger partial charge on any atom is -0.236 e. The van der Waals surface area contributed by atoms with Gasteiger partial charge in [0.25, 0.3) is 0 Å². The summed E-state index contributed by atoms with van der Waals surface area (Å²) in [6.45, 7) is 0. The fraction of sp³-hybridized carbons (Fsp3) is 0.308. The van der Waals surface area contributed by atoms with Gasteiger partial charge in [0.15, 0.2) is 0 Å². The molecular weight excluding hydrogens is 300 g/mol. The van der Waals surface area contributed by atoms with Crippen LogP contribution in [0.5, 0.6) is 0 Å². The van der Waals surface area contributed by atoms with Crippen LogP contribution < -0.4 is 0 Å². The summed E-state index contributed by atoms with van der Waals surface area (Å²) in [5.41, 5.74) is 3.53. The summed E-state index contributed by atoms with van der Waals surface area (Å²) in [7, 11) is 0. The van der Waals surface area contributed by atoms with Crippen LogP contribution in [0.3, 0.4) is 0 Å². The molecule has 0 bridgehead atoms. The maximum Gasteiger partial charge on any atom is 0.0790 e. The third-order valence-corrected chi connectivity index (χ3v) is 4.03. The Morgan fingerprint density at radius 2 is 2.12 bits per heavy atom. The van der Waals surface area contributed by atoms with Crippen molar-refractivity contribution >= 4 is 27.5 Å². The van der Waals surface area contributed by atoms with E-state index >= 15 is 0 Å². The second-order valence-corrected chi connectivity index (χ2v) is 5.45. The van der Waals surface area contributed by atoms with Crippen molar-refractivity contribution in [2.45, 2.75) is 24.6 Å². The Kier molecular flexibility index (Phi) is 2.97. The zero-order valence-corrected chi connectivity index (χ0v) is 11.6. The molecule has 1 aromatic carbocycles. The first-order valence-corrected chi connectivity index (χ1v) is 7.01. The highest BCUT2D eigenvalue weighted by Crippen LogP contribution is 2.43. The number of nitrogens with zero attached hydrogens (tertiary/aromatic N) is 2. The number of hydrogen-bond acceptors (Lipinski definition) is 1. The molecule has 0 N–H and O–H groups in total. The predicted molar refractivity (Wildman–Crippen MR) is 72.8 cm³/mol. The lowest BCUT2D eigenvalue weighted by Crippen LogP contribution is -2.03. The zero-order chi connectivity index (χ0) is 11.8. The van der Waals surface area contributed by atoms with Crippen molar-refractivity contribution in [3.63, 3.8) is 0 Å². The quantitative estimate of drug-likeness (QED) is 0.775. The van der Waals surface area contributed by atoms with Crippen molar-refractivity contribution in [3.8, 4) is 5.69 Å². The lowest BCUT2D eigenvalue weighted by atomic mass is 10.2. The Morgan fingerprint density at radius 3 is 2.76 bits per heavy atom. The molecule has 0 aliphatic heterocycles. The Balaban J connectivity index is 2.14. The Hall–Kier alpha value is -0.800. The van der Waals surface area contributed by atoms with Gasteiger partial charge < -0.3 is 0 Å². The van der Waals surface area contributed by atoms with Crippen LogP contribution in [0, 0.1) is 0 Å². The average molecular weight is 312 g/mol. The number of halogens is 2. The van der Waals surface area contributed by atoms with Gasteiger partial charge in [-0.05, 0) is 40.9 Å². The monoisotopic (exact) mass is 310 g/mol. The van der Waals surface area contributed by atoms with Crippen LogP contribution in [0.4, 0.5) is 0 Å². The Labute approximate surface area is 114 Å². The Bertz CT molecular complexity index is 546. The maximum atomic E-state index is 5.98. The van der Waals surface area contributed by atoms with Gasteiger partial charge in [0.2, 0.25) is 0 Å². The van der Waals surface area contributed by atoms with E-state index in [1.807, 2.05) is 29.1 Å². The smallest absolute Gasteiger partial charge is 0.0790 e.